The van der Waals surface area contributed by atoms with Gasteiger partial charge >= 0.3 is 0 Å². The SMILES string of the molecule is Cc1cc(=O)n(Cc2nc(N)ccc2Cl)c(C)n1. The summed E-state index contributed by atoms with van der Waals surface area (Å²) >= 11 is 6.03. The number of halogens is 1. The van der Waals surface area contributed by atoms with Crippen LogP contribution in [0.3, 0.4) is 0 Å². The summed E-state index contributed by atoms with van der Waals surface area (Å²) in [6, 6.07) is 4.77. The molecule has 2 N–H and O–H groups in total. The molecule has 2 aromatic rings. The van der Waals surface area contributed by atoms with Gasteiger partial charge in [0.2, 0.25) is 0 Å². The van der Waals surface area contributed by atoms with Crippen molar-refractivity contribution < 1.29 is 0 Å². The fourth-order valence-electron chi connectivity index (χ4n) is 1.72. The molecule has 0 radical (unpaired) electrons. The van der Waals surface area contributed by atoms with Crippen LogP contribution in [0.5, 0.6) is 0 Å². The number of hydrogen-bond donors (Lipinski definition) is 1. The molecule has 6 heteroatoms. The third kappa shape index (κ3) is 2.51. The molecule has 5 nitrogen and oxygen atoms in total. The average Bonchev–Trinajstić information content (AvgIpc) is 2.28. The maximum Gasteiger partial charge on any atom is 0.254 e. The topological polar surface area (TPSA) is 73.8 Å². The van der Waals surface area contributed by atoms with Crippen molar-refractivity contribution in [1.29, 1.82) is 0 Å². The van der Waals surface area contributed by atoms with Crippen molar-refractivity contribution in [2.75, 3.05) is 5.73 Å². The molecule has 0 saturated carbocycles. The maximum absolute atomic E-state index is 11.9. The van der Waals surface area contributed by atoms with Crippen molar-refractivity contribution in [3.63, 3.8) is 0 Å². The number of aromatic nitrogens is 3. The first-order valence-corrected chi connectivity index (χ1v) is 5.81. The molecule has 0 aliphatic rings. The van der Waals surface area contributed by atoms with Crippen molar-refractivity contribution >= 4 is 17.4 Å². The third-order valence-electron chi connectivity index (χ3n) is 2.58. The Kier molecular flexibility index (Phi) is 3.34. The highest BCUT2D eigenvalue weighted by atomic mass is 35.5. The fraction of sp³-hybridized carbons (Fsp3) is 0.250. The molecule has 94 valence electrons. The lowest BCUT2D eigenvalue weighted by Crippen LogP contribution is -2.24. The quantitative estimate of drug-likeness (QED) is 0.893. The Bertz CT molecular complexity index is 651. The van der Waals surface area contributed by atoms with Crippen LogP contribution in [-0.2, 0) is 6.54 Å². The summed E-state index contributed by atoms with van der Waals surface area (Å²) in [7, 11) is 0. The lowest BCUT2D eigenvalue weighted by atomic mass is 10.3. The van der Waals surface area contributed by atoms with Gasteiger partial charge in [0.25, 0.3) is 5.56 Å². The van der Waals surface area contributed by atoms with E-state index in [0.717, 1.165) is 0 Å². The molecule has 2 rings (SSSR count). The highest BCUT2D eigenvalue weighted by Crippen LogP contribution is 2.16. The average molecular weight is 265 g/mol. The molecule has 0 aromatic carbocycles. The normalized spacial score (nSPS) is 10.6. The van der Waals surface area contributed by atoms with E-state index in [0.29, 0.717) is 28.1 Å². The zero-order chi connectivity index (χ0) is 13.3. The number of anilines is 1. The van der Waals surface area contributed by atoms with E-state index in [1.807, 2.05) is 0 Å². The first-order valence-electron chi connectivity index (χ1n) is 5.43. The minimum absolute atomic E-state index is 0.125. The molecular formula is C12H13ClN4O. The summed E-state index contributed by atoms with van der Waals surface area (Å²) in [6.07, 6.45) is 0. The van der Waals surface area contributed by atoms with Crippen LogP contribution in [-0.4, -0.2) is 14.5 Å². The van der Waals surface area contributed by atoms with Crippen LogP contribution in [0.2, 0.25) is 5.02 Å². The van der Waals surface area contributed by atoms with Gasteiger partial charge in [0, 0.05) is 11.8 Å². The first kappa shape index (κ1) is 12.6. The molecule has 0 saturated heterocycles. The molecule has 0 aliphatic carbocycles. The van der Waals surface area contributed by atoms with Crippen LogP contribution in [0.15, 0.2) is 23.0 Å². The Hall–Kier alpha value is -1.88. The Morgan fingerprint density at radius 2 is 2.06 bits per heavy atom. The van der Waals surface area contributed by atoms with Gasteiger partial charge in [0.15, 0.2) is 0 Å². The van der Waals surface area contributed by atoms with Gasteiger partial charge in [0.1, 0.15) is 11.6 Å². The van der Waals surface area contributed by atoms with Gasteiger partial charge in [-0.15, -0.1) is 0 Å². The minimum Gasteiger partial charge on any atom is -0.384 e. The number of nitrogens with zero attached hydrogens (tertiary/aromatic N) is 3. The monoisotopic (exact) mass is 264 g/mol. The summed E-state index contributed by atoms with van der Waals surface area (Å²) < 4.78 is 1.51. The predicted molar refractivity (Wildman–Crippen MR) is 70.7 cm³/mol. The largest absolute Gasteiger partial charge is 0.384 e. The van der Waals surface area contributed by atoms with Gasteiger partial charge in [-0.1, -0.05) is 11.6 Å². The van der Waals surface area contributed by atoms with Crippen LogP contribution in [0, 0.1) is 13.8 Å². The minimum atomic E-state index is -0.125. The van der Waals surface area contributed by atoms with E-state index in [2.05, 4.69) is 9.97 Å². The molecule has 0 fully saturated rings. The number of rotatable bonds is 2. The molecular weight excluding hydrogens is 252 g/mol. The molecule has 0 aliphatic heterocycles. The second-order valence-electron chi connectivity index (χ2n) is 4.03. The zero-order valence-corrected chi connectivity index (χ0v) is 10.9. The van der Waals surface area contributed by atoms with E-state index >= 15 is 0 Å². The Morgan fingerprint density at radius 3 is 2.72 bits per heavy atom. The fourth-order valence-corrected chi connectivity index (χ4v) is 1.88. The maximum atomic E-state index is 11.9. The number of nitrogens with two attached hydrogens (primary N) is 1. The Morgan fingerprint density at radius 1 is 1.33 bits per heavy atom. The van der Waals surface area contributed by atoms with Crippen molar-refractivity contribution in [1.82, 2.24) is 14.5 Å². The molecule has 2 aromatic heterocycles. The molecule has 0 spiro atoms. The number of nitrogen functional groups attached to an aromatic ring is 1. The molecule has 2 heterocycles. The van der Waals surface area contributed by atoms with Crippen LogP contribution < -0.4 is 11.3 Å². The Labute approximate surface area is 109 Å². The van der Waals surface area contributed by atoms with Crippen LogP contribution >= 0.6 is 11.6 Å². The smallest absolute Gasteiger partial charge is 0.254 e. The summed E-state index contributed by atoms with van der Waals surface area (Å²) in [4.78, 5) is 20.3. The molecule has 0 amide bonds. The standard InChI is InChI=1S/C12H13ClN4O/c1-7-5-12(18)17(8(2)15-7)6-10-9(13)3-4-11(14)16-10/h3-5H,6H2,1-2H3,(H2,14,16). The second kappa shape index (κ2) is 4.78. The highest BCUT2D eigenvalue weighted by molar-refractivity contribution is 6.31. The van der Waals surface area contributed by atoms with E-state index in [4.69, 9.17) is 17.3 Å². The zero-order valence-electron chi connectivity index (χ0n) is 10.1. The van der Waals surface area contributed by atoms with Crippen molar-refractivity contribution in [2.45, 2.75) is 20.4 Å². The van der Waals surface area contributed by atoms with Gasteiger partial charge in [-0.2, -0.15) is 0 Å². The molecule has 0 bridgehead atoms. The van der Waals surface area contributed by atoms with Crippen LogP contribution in [0.4, 0.5) is 5.82 Å². The van der Waals surface area contributed by atoms with E-state index < -0.39 is 0 Å². The van der Waals surface area contributed by atoms with Gasteiger partial charge in [-0.25, -0.2) is 9.97 Å². The number of pyridine rings is 1. The molecule has 18 heavy (non-hydrogen) atoms. The third-order valence-corrected chi connectivity index (χ3v) is 2.92. The first-order chi connectivity index (χ1) is 8.47. The highest BCUT2D eigenvalue weighted by Gasteiger charge is 2.08. The number of aryl methyl sites for hydroxylation is 2. The van der Waals surface area contributed by atoms with E-state index in [1.165, 1.54) is 10.6 Å². The predicted octanol–water partition coefficient (Wildman–Crippen LogP) is 1.54. The second-order valence-corrected chi connectivity index (χ2v) is 4.44. The van der Waals surface area contributed by atoms with Crippen molar-refractivity contribution in [3.05, 3.63) is 50.8 Å². The summed E-state index contributed by atoms with van der Waals surface area (Å²) in [5.41, 5.74) is 6.74. The van der Waals surface area contributed by atoms with Gasteiger partial charge in [-0.05, 0) is 26.0 Å². The van der Waals surface area contributed by atoms with Crippen molar-refractivity contribution in [3.8, 4) is 0 Å². The summed E-state index contributed by atoms with van der Waals surface area (Å²) in [6.45, 7) is 3.82. The molecule has 0 unspecified atom stereocenters. The summed E-state index contributed by atoms with van der Waals surface area (Å²) in [5.74, 6) is 1.00. The van der Waals surface area contributed by atoms with E-state index in [-0.39, 0.29) is 12.1 Å². The van der Waals surface area contributed by atoms with Crippen molar-refractivity contribution in [2.24, 2.45) is 0 Å². The van der Waals surface area contributed by atoms with Gasteiger partial charge in [0.05, 0.1) is 17.3 Å². The molecule has 0 atom stereocenters. The van der Waals surface area contributed by atoms with Gasteiger partial charge < -0.3 is 5.73 Å². The van der Waals surface area contributed by atoms with E-state index in [1.54, 1.807) is 26.0 Å². The van der Waals surface area contributed by atoms with Crippen LogP contribution in [0.25, 0.3) is 0 Å². The number of hydrogen-bond acceptors (Lipinski definition) is 4. The van der Waals surface area contributed by atoms with E-state index in [9.17, 15) is 4.79 Å². The summed E-state index contributed by atoms with van der Waals surface area (Å²) in [5, 5.41) is 0.482. The van der Waals surface area contributed by atoms with Gasteiger partial charge in [-0.3, -0.25) is 9.36 Å². The Balaban J connectivity index is 2.46. The van der Waals surface area contributed by atoms with Crippen LogP contribution in [0.1, 0.15) is 17.2 Å². The lowest BCUT2D eigenvalue weighted by Gasteiger charge is -2.10. The lowest BCUT2D eigenvalue weighted by molar-refractivity contribution is 0.682.